The topological polar surface area (TPSA) is 67.2 Å². The number of nitrogens with zero attached hydrogens (tertiary/aromatic N) is 6. The molecule has 1 fully saturated rings. The molecule has 1 amide bonds. The fourth-order valence-corrected chi connectivity index (χ4v) is 4.35. The third-order valence-corrected chi connectivity index (χ3v) is 6.10. The van der Waals surface area contributed by atoms with E-state index in [-0.39, 0.29) is 5.91 Å². The van der Waals surface area contributed by atoms with Crippen LogP contribution in [0.5, 0.6) is 0 Å². The zero-order valence-electron chi connectivity index (χ0n) is 17.6. The van der Waals surface area contributed by atoms with Crippen molar-refractivity contribution in [2.45, 2.75) is 25.8 Å². The van der Waals surface area contributed by atoms with Crippen LogP contribution in [0.15, 0.2) is 47.5 Å². The highest BCUT2D eigenvalue weighted by Gasteiger charge is 2.21. The summed E-state index contributed by atoms with van der Waals surface area (Å²) in [5.41, 5.74) is 4.45. The molecule has 4 rings (SSSR count). The van der Waals surface area contributed by atoms with Crippen LogP contribution in [0, 0.1) is 20.8 Å². The molecule has 0 atom stereocenters. The number of carbonyl (C=O) groups is 1. The SMILES string of the molecule is Cc1cccc(N2CCN(C(=O)CSc3ccc(-n4nc(C)cc4C)nn3)CC2)c1. The van der Waals surface area contributed by atoms with E-state index in [1.165, 1.54) is 23.0 Å². The zero-order chi connectivity index (χ0) is 21.1. The first-order valence-electron chi connectivity index (χ1n) is 10.1. The summed E-state index contributed by atoms with van der Waals surface area (Å²) in [6, 6.07) is 14.3. The first-order chi connectivity index (χ1) is 14.5. The summed E-state index contributed by atoms with van der Waals surface area (Å²) >= 11 is 1.43. The molecule has 0 aliphatic carbocycles. The Balaban J connectivity index is 1.28. The summed E-state index contributed by atoms with van der Waals surface area (Å²) in [4.78, 5) is 16.9. The minimum atomic E-state index is 0.147. The Morgan fingerprint density at radius 2 is 1.80 bits per heavy atom. The van der Waals surface area contributed by atoms with E-state index >= 15 is 0 Å². The van der Waals surface area contributed by atoms with Crippen molar-refractivity contribution in [3.05, 3.63) is 59.4 Å². The predicted molar refractivity (Wildman–Crippen MR) is 119 cm³/mol. The van der Waals surface area contributed by atoms with Crippen LogP contribution in [0.1, 0.15) is 17.0 Å². The highest BCUT2D eigenvalue weighted by molar-refractivity contribution is 7.99. The molecular weight excluding hydrogens is 396 g/mol. The Hall–Kier alpha value is -2.87. The van der Waals surface area contributed by atoms with Gasteiger partial charge < -0.3 is 9.80 Å². The highest BCUT2D eigenvalue weighted by atomic mass is 32.2. The van der Waals surface area contributed by atoms with Crippen molar-refractivity contribution >= 4 is 23.4 Å². The second kappa shape index (κ2) is 8.87. The molecule has 156 valence electrons. The van der Waals surface area contributed by atoms with Crippen molar-refractivity contribution in [2.75, 3.05) is 36.8 Å². The molecule has 30 heavy (non-hydrogen) atoms. The van der Waals surface area contributed by atoms with Crippen LogP contribution in [-0.2, 0) is 4.79 Å². The highest BCUT2D eigenvalue weighted by Crippen LogP contribution is 2.20. The number of piperazine rings is 1. The largest absolute Gasteiger partial charge is 0.368 e. The number of aromatic nitrogens is 4. The smallest absolute Gasteiger partial charge is 0.233 e. The molecule has 0 saturated carbocycles. The maximum absolute atomic E-state index is 12.6. The number of rotatable bonds is 5. The number of amides is 1. The van der Waals surface area contributed by atoms with Crippen LogP contribution in [0.3, 0.4) is 0 Å². The first kappa shape index (κ1) is 20.4. The molecule has 3 heterocycles. The molecule has 1 saturated heterocycles. The average Bonchev–Trinajstić information content (AvgIpc) is 3.10. The number of hydrogen-bond donors (Lipinski definition) is 0. The van der Waals surface area contributed by atoms with Gasteiger partial charge in [0.05, 0.1) is 11.4 Å². The minimum Gasteiger partial charge on any atom is -0.368 e. The lowest BCUT2D eigenvalue weighted by atomic mass is 10.2. The van der Waals surface area contributed by atoms with E-state index in [0.29, 0.717) is 11.6 Å². The Bertz CT molecular complexity index is 1020. The molecule has 0 radical (unpaired) electrons. The molecule has 1 aliphatic rings. The summed E-state index contributed by atoms with van der Waals surface area (Å²) in [6.07, 6.45) is 0. The Labute approximate surface area is 181 Å². The molecule has 2 aromatic heterocycles. The lowest BCUT2D eigenvalue weighted by Gasteiger charge is -2.36. The average molecular weight is 423 g/mol. The van der Waals surface area contributed by atoms with Crippen LogP contribution in [0.2, 0.25) is 0 Å². The Morgan fingerprint density at radius 3 is 2.43 bits per heavy atom. The van der Waals surface area contributed by atoms with Gasteiger partial charge in [-0.1, -0.05) is 23.9 Å². The number of aryl methyl sites for hydroxylation is 3. The van der Waals surface area contributed by atoms with E-state index in [0.717, 1.165) is 42.6 Å². The molecule has 3 aromatic rings. The van der Waals surface area contributed by atoms with Gasteiger partial charge >= 0.3 is 0 Å². The summed E-state index contributed by atoms with van der Waals surface area (Å²) in [6.45, 7) is 9.25. The van der Waals surface area contributed by atoms with E-state index in [1.54, 1.807) is 4.68 Å². The zero-order valence-corrected chi connectivity index (χ0v) is 18.4. The number of carbonyl (C=O) groups excluding carboxylic acids is 1. The Morgan fingerprint density at radius 1 is 1.00 bits per heavy atom. The van der Waals surface area contributed by atoms with Crippen LogP contribution in [0.25, 0.3) is 5.82 Å². The first-order valence-corrected chi connectivity index (χ1v) is 11.1. The summed E-state index contributed by atoms with van der Waals surface area (Å²) in [7, 11) is 0. The lowest BCUT2D eigenvalue weighted by Crippen LogP contribution is -2.49. The molecule has 7 nitrogen and oxygen atoms in total. The Kier molecular flexibility index (Phi) is 6.03. The van der Waals surface area contributed by atoms with E-state index in [2.05, 4.69) is 51.4 Å². The normalized spacial score (nSPS) is 14.2. The van der Waals surface area contributed by atoms with Gasteiger partial charge in [0.1, 0.15) is 5.03 Å². The van der Waals surface area contributed by atoms with Gasteiger partial charge in [0, 0.05) is 37.6 Å². The van der Waals surface area contributed by atoms with Gasteiger partial charge in [-0.05, 0) is 56.7 Å². The second-order valence-electron chi connectivity index (χ2n) is 7.56. The third kappa shape index (κ3) is 4.64. The molecular formula is C22H26N6OS. The molecule has 0 spiro atoms. The quantitative estimate of drug-likeness (QED) is 0.589. The van der Waals surface area contributed by atoms with E-state index < -0.39 is 0 Å². The van der Waals surface area contributed by atoms with Gasteiger partial charge in [-0.25, -0.2) is 4.68 Å². The maximum atomic E-state index is 12.6. The fourth-order valence-electron chi connectivity index (χ4n) is 3.63. The summed E-state index contributed by atoms with van der Waals surface area (Å²) in [5, 5.41) is 13.7. The van der Waals surface area contributed by atoms with Crippen LogP contribution < -0.4 is 4.90 Å². The van der Waals surface area contributed by atoms with E-state index in [4.69, 9.17) is 0 Å². The monoisotopic (exact) mass is 422 g/mol. The van der Waals surface area contributed by atoms with Crippen molar-refractivity contribution in [1.82, 2.24) is 24.9 Å². The molecule has 0 N–H and O–H groups in total. The van der Waals surface area contributed by atoms with Gasteiger partial charge in [0.2, 0.25) is 5.91 Å². The lowest BCUT2D eigenvalue weighted by molar-refractivity contribution is -0.128. The van der Waals surface area contributed by atoms with Gasteiger partial charge in [-0.3, -0.25) is 4.79 Å². The number of anilines is 1. The molecule has 8 heteroatoms. The van der Waals surface area contributed by atoms with E-state index in [1.807, 2.05) is 36.9 Å². The van der Waals surface area contributed by atoms with Crippen LogP contribution in [-0.4, -0.2) is 62.7 Å². The minimum absolute atomic E-state index is 0.147. The molecule has 1 aliphatic heterocycles. The van der Waals surface area contributed by atoms with Crippen molar-refractivity contribution in [1.29, 1.82) is 0 Å². The number of hydrogen-bond acceptors (Lipinski definition) is 6. The van der Waals surface area contributed by atoms with E-state index in [9.17, 15) is 4.79 Å². The van der Waals surface area contributed by atoms with Gasteiger partial charge in [0.15, 0.2) is 5.82 Å². The van der Waals surface area contributed by atoms with Crippen LogP contribution in [0.4, 0.5) is 5.69 Å². The van der Waals surface area contributed by atoms with Crippen LogP contribution >= 0.6 is 11.8 Å². The maximum Gasteiger partial charge on any atom is 0.233 e. The second-order valence-corrected chi connectivity index (χ2v) is 8.56. The fraction of sp³-hybridized carbons (Fsp3) is 0.364. The number of benzene rings is 1. The van der Waals surface area contributed by atoms with Crippen molar-refractivity contribution in [2.24, 2.45) is 0 Å². The summed E-state index contributed by atoms with van der Waals surface area (Å²) in [5.74, 6) is 1.20. The van der Waals surface area contributed by atoms with Crippen molar-refractivity contribution in [3.63, 3.8) is 0 Å². The predicted octanol–water partition coefficient (Wildman–Crippen LogP) is 3.03. The summed E-state index contributed by atoms with van der Waals surface area (Å²) < 4.78 is 1.77. The third-order valence-electron chi connectivity index (χ3n) is 5.20. The van der Waals surface area contributed by atoms with Crippen molar-refractivity contribution < 1.29 is 4.79 Å². The number of thioether (sulfide) groups is 1. The molecule has 1 aromatic carbocycles. The standard InChI is InChI=1S/C22H26N6OS/c1-16-5-4-6-19(13-16)26-9-11-27(12-10-26)22(29)15-30-21-8-7-20(23-24-21)28-18(3)14-17(2)25-28/h4-8,13-14H,9-12,15H2,1-3H3. The molecule has 0 bridgehead atoms. The van der Waals surface area contributed by atoms with Gasteiger partial charge in [0.25, 0.3) is 0 Å². The van der Waals surface area contributed by atoms with Crippen molar-refractivity contribution in [3.8, 4) is 5.82 Å². The van der Waals surface area contributed by atoms with Gasteiger partial charge in [-0.15, -0.1) is 10.2 Å². The molecule has 0 unspecified atom stereocenters. The van der Waals surface area contributed by atoms with Gasteiger partial charge in [-0.2, -0.15) is 5.10 Å².